The highest BCUT2D eigenvalue weighted by atomic mass is 16.5. The zero-order valence-corrected chi connectivity index (χ0v) is 27.1. The number of anilines is 3. The van der Waals surface area contributed by atoms with Gasteiger partial charge < -0.3 is 29.6 Å². The first-order valence-corrected chi connectivity index (χ1v) is 16.8. The number of carbonyl (C=O) groups excluding carboxylic acids is 1. The summed E-state index contributed by atoms with van der Waals surface area (Å²) in [6, 6.07) is 14.7. The molecular weight excluding hydrogens is 554 g/mol. The molecule has 0 amide bonds. The second-order valence-corrected chi connectivity index (χ2v) is 13.0. The van der Waals surface area contributed by atoms with Crippen molar-refractivity contribution >= 4 is 22.8 Å². The van der Waals surface area contributed by atoms with E-state index in [-0.39, 0.29) is 11.5 Å². The Balaban J connectivity index is 0.994. The Labute approximate surface area is 264 Å². The largest absolute Gasteiger partial charge is 0.383 e. The van der Waals surface area contributed by atoms with E-state index < -0.39 is 0 Å². The number of unbranched alkanes of at least 4 members (excludes halogenated alkanes) is 2. The predicted molar refractivity (Wildman–Crippen MR) is 176 cm³/mol. The number of piperidine rings is 1. The van der Waals surface area contributed by atoms with E-state index >= 15 is 0 Å². The molecule has 3 atom stereocenters. The van der Waals surface area contributed by atoms with Crippen LogP contribution in [0.15, 0.2) is 42.5 Å². The van der Waals surface area contributed by atoms with Gasteiger partial charge in [-0.2, -0.15) is 0 Å². The van der Waals surface area contributed by atoms with E-state index in [0.717, 1.165) is 87.1 Å². The van der Waals surface area contributed by atoms with E-state index in [0.29, 0.717) is 44.7 Å². The molecule has 242 valence electrons. The number of hydrogen-bond acceptors (Lipinski definition) is 8. The zero-order chi connectivity index (χ0) is 30.8. The molecule has 2 N–H and O–H groups in total. The predicted octanol–water partition coefficient (Wildman–Crippen LogP) is 6.28. The number of hydrogen-bond donors (Lipinski definition) is 2. The number of Topliss-reactive ketones (excluding diaryl/α,β-unsaturated/α-hetero) is 1. The number of nitrogens with zero attached hydrogens (tertiary/aromatic N) is 1. The quantitative estimate of drug-likeness (QED) is 0.170. The highest BCUT2D eigenvalue weighted by molar-refractivity contribution is 6.04. The van der Waals surface area contributed by atoms with Crippen LogP contribution in [0.3, 0.4) is 0 Å². The van der Waals surface area contributed by atoms with Crippen LogP contribution >= 0.6 is 0 Å². The number of carbonyl (C=O) groups is 1. The maximum absolute atomic E-state index is 13.7. The maximum Gasteiger partial charge on any atom is 0.180 e. The number of methoxy groups -OCH3 is 1. The number of nitrogens with one attached hydrogen (secondary N) is 2. The third-order valence-electron chi connectivity index (χ3n) is 9.78. The zero-order valence-electron chi connectivity index (χ0n) is 27.1. The van der Waals surface area contributed by atoms with Gasteiger partial charge in [-0.25, -0.2) is 0 Å². The Morgan fingerprint density at radius 1 is 0.841 bits per heavy atom. The summed E-state index contributed by atoms with van der Waals surface area (Å²) < 4.78 is 21.8. The number of likely N-dealkylation sites (tertiary alicyclic amines) is 1. The molecule has 1 aliphatic heterocycles. The van der Waals surface area contributed by atoms with Crippen LogP contribution in [0.2, 0.25) is 0 Å². The fourth-order valence-corrected chi connectivity index (χ4v) is 6.74. The van der Waals surface area contributed by atoms with Crippen LogP contribution in [0, 0.1) is 11.8 Å². The minimum atomic E-state index is 0.0213. The van der Waals surface area contributed by atoms with E-state index in [9.17, 15) is 4.79 Å². The van der Waals surface area contributed by atoms with Crippen LogP contribution in [0.5, 0.6) is 0 Å². The fraction of sp³-hybridized carbons (Fsp3) is 0.639. The number of fused-ring (bicyclic) bond motifs is 4. The third-order valence-corrected chi connectivity index (χ3v) is 9.78. The molecule has 0 spiro atoms. The molecule has 1 saturated carbocycles. The van der Waals surface area contributed by atoms with Crippen LogP contribution in [-0.4, -0.2) is 89.7 Å². The van der Waals surface area contributed by atoms with E-state index in [1.54, 1.807) is 7.11 Å². The second kappa shape index (κ2) is 16.2. The molecular formula is C36H53N3O5. The van der Waals surface area contributed by atoms with Gasteiger partial charge in [-0.05, 0) is 110 Å². The molecule has 3 aliphatic rings. The van der Waals surface area contributed by atoms with Crippen LogP contribution in [-0.2, 0) is 24.4 Å². The number of ether oxygens (including phenoxy) is 4. The van der Waals surface area contributed by atoms with Gasteiger partial charge in [0.1, 0.15) is 0 Å². The highest BCUT2D eigenvalue weighted by Gasteiger charge is 2.52. The van der Waals surface area contributed by atoms with Gasteiger partial charge in [0.05, 0.1) is 39.1 Å². The molecule has 1 unspecified atom stereocenters. The van der Waals surface area contributed by atoms with Crippen molar-refractivity contribution in [3.05, 3.63) is 53.6 Å². The standard InChI is InChI=1S/C36H53N3O5/c1-27-34-35(40)32-14-13-31(25-33(32)36(27,2)15-17-39(34)26-28-7-8-28)38-30-11-9-29(10-12-30)37-16-20-44-24-23-43-19-6-4-5-18-42-22-21-41-3/h9-14,25,27-28,34,37-38H,4-8,15-24,26H2,1-3H3/t27-,34?,36+/m0/s1. The first kappa shape index (κ1) is 32.9. The van der Waals surface area contributed by atoms with Gasteiger partial charge in [-0.15, -0.1) is 0 Å². The lowest BCUT2D eigenvalue weighted by molar-refractivity contribution is 0.0266. The van der Waals surface area contributed by atoms with E-state index in [1.807, 2.05) is 0 Å². The van der Waals surface area contributed by atoms with Crippen molar-refractivity contribution in [3.63, 3.8) is 0 Å². The lowest BCUT2D eigenvalue weighted by atomic mass is 9.58. The highest BCUT2D eigenvalue weighted by Crippen LogP contribution is 2.50. The van der Waals surface area contributed by atoms with E-state index in [4.69, 9.17) is 18.9 Å². The van der Waals surface area contributed by atoms with E-state index in [1.165, 1.54) is 18.4 Å². The summed E-state index contributed by atoms with van der Waals surface area (Å²) >= 11 is 0. The molecule has 2 fully saturated rings. The lowest BCUT2D eigenvalue weighted by Gasteiger charge is -2.53. The SMILES string of the molecule is COCCOCCCCCOCCOCCNc1ccc(Nc2ccc3c(c2)[C@]2(C)CCN(CC4CC4)C(C3=O)[C@@H]2C)cc1. The smallest absolute Gasteiger partial charge is 0.180 e. The number of ketones is 1. The molecule has 8 nitrogen and oxygen atoms in total. The Morgan fingerprint density at radius 2 is 1.50 bits per heavy atom. The molecule has 5 rings (SSSR count). The average Bonchev–Trinajstić information content (AvgIpc) is 3.85. The van der Waals surface area contributed by atoms with Crippen molar-refractivity contribution < 1.29 is 23.7 Å². The summed E-state index contributed by atoms with van der Waals surface area (Å²) in [5.41, 5.74) is 5.28. The minimum Gasteiger partial charge on any atom is -0.383 e. The molecule has 44 heavy (non-hydrogen) atoms. The third kappa shape index (κ3) is 8.61. The van der Waals surface area contributed by atoms with Crippen LogP contribution in [0.1, 0.15) is 68.3 Å². The molecule has 1 saturated heterocycles. The van der Waals surface area contributed by atoms with Crippen LogP contribution < -0.4 is 10.6 Å². The number of benzene rings is 2. The first-order valence-electron chi connectivity index (χ1n) is 16.8. The van der Waals surface area contributed by atoms with E-state index in [2.05, 4.69) is 71.8 Å². The van der Waals surface area contributed by atoms with Gasteiger partial charge in [0.2, 0.25) is 0 Å². The maximum atomic E-state index is 13.7. The molecule has 2 aromatic rings. The van der Waals surface area contributed by atoms with Crippen molar-refractivity contribution in [3.8, 4) is 0 Å². The monoisotopic (exact) mass is 607 g/mol. The lowest BCUT2D eigenvalue weighted by Crippen LogP contribution is -2.61. The average molecular weight is 608 g/mol. The second-order valence-electron chi connectivity index (χ2n) is 13.0. The summed E-state index contributed by atoms with van der Waals surface area (Å²) in [5.74, 6) is 1.44. The van der Waals surface area contributed by atoms with Crippen molar-refractivity contribution in [2.75, 3.05) is 83.6 Å². The number of rotatable bonds is 20. The topological polar surface area (TPSA) is 81.3 Å². The van der Waals surface area contributed by atoms with Gasteiger partial charge in [0, 0.05) is 56.0 Å². The van der Waals surface area contributed by atoms with Gasteiger partial charge in [-0.1, -0.05) is 13.8 Å². The summed E-state index contributed by atoms with van der Waals surface area (Å²) in [6.07, 6.45) is 6.96. The normalized spacial score (nSPS) is 23.0. The molecule has 2 aliphatic carbocycles. The van der Waals surface area contributed by atoms with Gasteiger partial charge >= 0.3 is 0 Å². The molecule has 0 aromatic heterocycles. The molecule has 2 bridgehead atoms. The summed E-state index contributed by atoms with van der Waals surface area (Å²) in [7, 11) is 1.69. The molecule has 1 heterocycles. The summed E-state index contributed by atoms with van der Waals surface area (Å²) in [4.78, 5) is 16.1. The molecule has 2 aromatic carbocycles. The Morgan fingerprint density at radius 3 is 2.20 bits per heavy atom. The Hall–Kier alpha value is -2.49. The van der Waals surface area contributed by atoms with Crippen molar-refractivity contribution in [2.24, 2.45) is 11.8 Å². The summed E-state index contributed by atoms with van der Waals surface area (Å²) in [6.45, 7) is 12.3. The first-order chi connectivity index (χ1) is 21.5. The Bertz CT molecular complexity index is 1190. The molecule has 8 heteroatoms. The van der Waals surface area contributed by atoms with Gasteiger partial charge in [0.25, 0.3) is 0 Å². The molecule has 0 radical (unpaired) electrons. The van der Waals surface area contributed by atoms with Crippen LogP contribution in [0.4, 0.5) is 17.1 Å². The minimum absolute atomic E-state index is 0.0213. The van der Waals surface area contributed by atoms with Crippen molar-refractivity contribution in [1.29, 1.82) is 0 Å². The van der Waals surface area contributed by atoms with Gasteiger partial charge in [0.15, 0.2) is 5.78 Å². The Kier molecular flexibility index (Phi) is 12.1. The van der Waals surface area contributed by atoms with Crippen molar-refractivity contribution in [2.45, 2.75) is 63.8 Å². The van der Waals surface area contributed by atoms with Crippen molar-refractivity contribution in [1.82, 2.24) is 4.90 Å². The van der Waals surface area contributed by atoms with Crippen LogP contribution in [0.25, 0.3) is 0 Å². The summed E-state index contributed by atoms with van der Waals surface area (Å²) in [5, 5.41) is 6.99. The van der Waals surface area contributed by atoms with Gasteiger partial charge in [-0.3, -0.25) is 9.69 Å². The fourth-order valence-electron chi connectivity index (χ4n) is 6.74.